The van der Waals surface area contributed by atoms with Gasteiger partial charge in [-0.25, -0.2) is 4.79 Å². The van der Waals surface area contributed by atoms with Crippen LogP contribution in [0.1, 0.15) is 23.2 Å². The maximum Gasteiger partial charge on any atom is 0.319 e. The number of rotatable bonds is 6. The van der Waals surface area contributed by atoms with E-state index in [1.54, 1.807) is 29.2 Å². The number of nitrogens with one attached hydrogen (secondary N) is 3. The Balaban J connectivity index is 1.23. The van der Waals surface area contributed by atoms with Crippen molar-refractivity contribution in [3.05, 3.63) is 59.1 Å². The number of halogens is 1. The summed E-state index contributed by atoms with van der Waals surface area (Å²) in [6, 6.07) is 14.3. The van der Waals surface area contributed by atoms with Gasteiger partial charge >= 0.3 is 6.03 Å². The van der Waals surface area contributed by atoms with Gasteiger partial charge in [-0.1, -0.05) is 17.7 Å². The highest BCUT2D eigenvalue weighted by Crippen LogP contribution is 2.20. The first-order valence-electron chi connectivity index (χ1n) is 10.7. The van der Waals surface area contributed by atoms with Crippen molar-refractivity contribution in [1.82, 2.24) is 15.5 Å². The lowest BCUT2D eigenvalue weighted by Gasteiger charge is -2.36. The minimum absolute atomic E-state index is 0.0698. The summed E-state index contributed by atoms with van der Waals surface area (Å²) in [6.07, 6.45) is 2.00. The Morgan fingerprint density at radius 3 is 2.38 bits per heavy atom. The Kier molecular flexibility index (Phi) is 6.80. The number of piperazine rings is 1. The van der Waals surface area contributed by atoms with Crippen LogP contribution in [-0.2, 0) is 4.79 Å². The molecule has 3 N–H and O–H groups in total. The van der Waals surface area contributed by atoms with Crippen molar-refractivity contribution in [2.45, 2.75) is 18.9 Å². The number of hydrogen-bond donors (Lipinski definition) is 3. The fourth-order valence-electron chi connectivity index (χ4n) is 3.55. The van der Waals surface area contributed by atoms with Gasteiger partial charge in [0.2, 0.25) is 5.91 Å². The number of amides is 4. The second-order valence-electron chi connectivity index (χ2n) is 7.98. The second-order valence-corrected chi connectivity index (χ2v) is 8.42. The predicted octanol–water partition coefficient (Wildman–Crippen LogP) is 2.70. The molecule has 0 bridgehead atoms. The summed E-state index contributed by atoms with van der Waals surface area (Å²) in [6.45, 7) is 2.55. The van der Waals surface area contributed by atoms with Gasteiger partial charge in [0.25, 0.3) is 5.91 Å². The van der Waals surface area contributed by atoms with Crippen molar-refractivity contribution in [3.63, 3.8) is 0 Å². The van der Waals surface area contributed by atoms with Gasteiger partial charge < -0.3 is 25.8 Å². The molecule has 168 valence electrons. The number of carbonyl (C=O) groups is 3. The molecule has 1 heterocycles. The van der Waals surface area contributed by atoms with E-state index in [9.17, 15) is 14.4 Å². The zero-order valence-electron chi connectivity index (χ0n) is 17.6. The monoisotopic (exact) mass is 455 g/mol. The molecule has 2 aromatic rings. The topological polar surface area (TPSA) is 93.8 Å². The second kappa shape index (κ2) is 9.91. The lowest BCUT2D eigenvalue weighted by molar-refractivity contribution is -0.130. The summed E-state index contributed by atoms with van der Waals surface area (Å²) >= 11 is 5.94. The van der Waals surface area contributed by atoms with E-state index in [1.165, 1.54) is 0 Å². The number of nitrogens with zero attached hydrogens (tertiary/aromatic N) is 2. The third-order valence-electron chi connectivity index (χ3n) is 5.52. The van der Waals surface area contributed by atoms with E-state index in [0.717, 1.165) is 31.6 Å². The number of benzene rings is 2. The van der Waals surface area contributed by atoms with E-state index in [2.05, 4.69) is 20.9 Å². The average molecular weight is 456 g/mol. The van der Waals surface area contributed by atoms with E-state index in [-0.39, 0.29) is 30.4 Å². The van der Waals surface area contributed by atoms with Gasteiger partial charge in [-0.2, -0.15) is 0 Å². The fourth-order valence-corrected chi connectivity index (χ4v) is 3.68. The van der Waals surface area contributed by atoms with Crippen LogP contribution < -0.4 is 20.9 Å². The molecular weight excluding hydrogens is 430 g/mol. The third-order valence-corrected chi connectivity index (χ3v) is 5.77. The molecule has 2 aromatic carbocycles. The van der Waals surface area contributed by atoms with Gasteiger partial charge in [0, 0.05) is 54.2 Å². The lowest BCUT2D eigenvalue weighted by Crippen LogP contribution is -2.51. The van der Waals surface area contributed by atoms with Crippen LogP contribution in [0.3, 0.4) is 0 Å². The molecule has 1 aliphatic heterocycles. The maximum absolute atomic E-state index is 12.6. The normalized spacial score (nSPS) is 15.8. The number of hydrogen-bond acceptors (Lipinski definition) is 4. The molecule has 0 radical (unpaired) electrons. The lowest BCUT2D eigenvalue weighted by atomic mass is 10.2. The van der Waals surface area contributed by atoms with Crippen molar-refractivity contribution < 1.29 is 14.4 Å². The van der Waals surface area contributed by atoms with Gasteiger partial charge in [0.15, 0.2) is 0 Å². The Labute approximate surface area is 191 Å². The fraction of sp³-hybridized carbons (Fsp3) is 0.348. The zero-order chi connectivity index (χ0) is 22.5. The van der Waals surface area contributed by atoms with Crippen LogP contribution in [0.25, 0.3) is 0 Å². The Hall–Kier alpha value is -3.26. The average Bonchev–Trinajstić information content (AvgIpc) is 3.62. The van der Waals surface area contributed by atoms with Gasteiger partial charge in [-0.3, -0.25) is 9.59 Å². The summed E-state index contributed by atoms with van der Waals surface area (Å²) in [5.74, 6) is -0.475. The Morgan fingerprint density at radius 2 is 1.69 bits per heavy atom. The number of urea groups is 1. The summed E-state index contributed by atoms with van der Waals surface area (Å²) in [5.41, 5.74) is 1.99. The van der Waals surface area contributed by atoms with Crippen LogP contribution in [-0.4, -0.2) is 61.5 Å². The van der Waals surface area contributed by atoms with Crippen molar-refractivity contribution >= 4 is 40.8 Å². The quantitative estimate of drug-likeness (QED) is 0.624. The van der Waals surface area contributed by atoms with Gasteiger partial charge in [-0.05, 0) is 55.3 Å². The smallest absolute Gasteiger partial charge is 0.319 e. The third kappa shape index (κ3) is 5.91. The first kappa shape index (κ1) is 22.0. The first-order chi connectivity index (χ1) is 15.5. The van der Waals surface area contributed by atoms with Crippen molar-refractivity contribution in [1.29, 1.82) is 0 Å². The van der Waals surface area contributed by atoms with Crippen LogP contribution >= 0.6 is 11.6 Å². The predicted molar refractivity (Wildman–Crippen MR) is 124 cm³/mol. The van der Waals surface area contributed by atoms with Gasteiger partial charge in [-0.15, -0.1) is 0 Å². The highest BCUT2D eigenvalue weighted by molar-refractivity contribution is 6.30. The molecule has 0 spiro atoms. The Morgan fingerprint density at radius 1 is 0.969 bits per heavy atom. The SMILES string of the molecule is O=C(Nc1cccc(C(=O)NCC(=O)N2CCN(c3ccc(Cl)cc3)CC2)c1)NC1CC1. The van der Waals surface area contributed by atoms with Crippen LogP contribution in [0.5, 0.6) is 0 Å². The van der Waals surface area contributed by atoms with E-state index < -0.39 is 0 Å². The molecule has 0 unspecified atom stereocenters. The van der Waals surface area contributed by atoms with Crippen LogP contribution in [0.2, 0.25) is 5.02 Å². The largest absolute Gasteiger partial charge is 0.368 e. The standard InChI is InChI=1S/C23H26ClN5O3/c24-17-4-8-20(9-5-17)28-10-12-29(13-11-28)21(30)15-25-22(31)16-2-1-3-19(14-16)27-23(32)26-18-6-7-18/h1-5,8-9,14,18H,6-7,10-13,15H2,(H,25,31)(H2,26,27,32). The summed E-state index contributed by atoms with van der Waals surface area (Å²) in [5, 5.41) is 8.94. The minimum Gasteiger partial charge on any atom is -0.368 e. The number of carbonyl (C=O) groups excluding carboxylic acids is 3. The summed E-state index contributed by atoms with van der Waals surface area (Å²) in [4.78, 5) is 40.9. The Bertz CT molecular complexity index is 985. The molecular formula is C23H26ClN5O3. The van der Waals surface area contributed by atoms with Crippen LogP contribution in [0.15, 0.2) is 48.5 Å². The summed E-state index contributed by atoms with van der Waals surface area (Å²) in [7, 11) is 0. The van der Waals surface area contributed by atoms with Crippen LogP contribution in [0.4, 0.5) is 16.2 Å². The molecule has 2 aliphatic rings. The molecule has 2 fully saturated rings. The summed E-state index contributed by atoms with van der Waals surface area (Å²) < 4.78 is 0. The van der Waals surface area contributed by atoms with Crippen LogP contribution in [0, 0.1) is 0 Å². The van der Waals surface area contributed by atoms with E-state index >= 15 is 0 Å². The molecule has 9 heteroatoms. The molecule has 0 aromatic heterocycles. The number of anilines is 2. The van der Waals surface area contributed by atoms with Gasteiger partial charge in [0.05, 0.1) is 6.54 Å². The first-order valence-corrected chi connectivity index (χ1v) is 11.1. The van der Waals surface area contributed by atoms with E-state index in [1.807, 2.05) is 24.3 Å². The molecule has 4 amide bonds. The minimum atomic E-state index is -0.357. The highest BCUT2D eigenvalue weighted by Gasteiger charge is 2.24. The van der Waals surface area contributed by atoms with Crippen molar-refractivity contribution in [2.24, 2.45) is 0 Å². The molecule has 1 saturated carbocycles. The molecule has 0 atom stereocenters. The highest BCUT2D eigenvalue weighted by atomic mass is 35.5. The van der Waals surface area contributed by atoms with Gasteiger partial charge in [0.1, 0.15) is 0 Å². The van der Waals surface area contributed by atoms with E-state index in [0.29, 0.717) is 29.4 Å². The molecule has 1 aliphatic carbocycles. The molecule has 32 heavy (non-hydrogen) atoms. The van der Waals surface area contributed by atoms with E-state index in [4.69, 9.17) is 11.6 Å². The van der Waals surface area contributed by atoms with Crippen molar-refractivity contribution in [2.75, 3.05) is 42.9 Å². The molecule has 1 saturated heterocycles. The maximum atomic E-state index is 12.6. The molecule has 4 rings (SSSR count). The van der Waals surface area contributed by atoms with Crippen molar-refractivity contribution in [3.8, 4) is 0 Å². The molecule has 8 nitrogen and oxygen atoms in total. The zero-order valence-corrected chi connectivity index (χ0v) is 18.4.